The summed E-state index contributed by atoms with van der Waals surface area (Å²) in [5.41, 5.74) is 0.965. The minimum absolute atomic E-state index is 0.00644. The smallest absolute Gasteiger partial charge is 0.185 e. The first-order valence-corrected chi connectivity index (χ1v) is 6.18. The van der Waals surface area contributed by atoms with E-state index in [2.05, 4.69) is 6.07 Å². The molecule has 0 saturated heterocycles. The monoisotopic (exact) mass is 238 g/mol. The van der Waals surface area contributed by atoms with Gasteiger partial charge in [0.1, 0.15) is 5.41 Å². The van der Waals surface area contributed by atoms with Crippen molar-refractivity contribution in [2.24, 2.45) is 12.5 Å². The molecule has 1 aliphatic carbocycles. The van der Waals surface area contributed by atoms with Gasteiger partial charge in [0.15, 0.2) is 5.78 Å². The van der Waals surface area contributed by atoms with Gasteiger partial charge in [-0.1, -0.05) is 18.2 Å². The predicted molar refractivity (Wildman–Crippen MR) is 69.1 cm³/mol. The summed E-state index contributed by atoms with van der Waals surface area (Å²) in [5, 5.41) is 10.2. The molecular formula is C15H14N2O. The molecule has 18 heavy (non-hydrogen) atoms. The van der Waals surface area contributed by atoms with Crippen LogP contribution in [0, 0.1) is 16.7 Å². The van der Waals surface area contributed by atoms with Gasteiger partial charge < -0.3 is 4.57 Å². The van der Waals surface area contributed by atoms with E-state index in [4.69, 9.17) is 0 Å². The molecule has 3 heteroatoms. The van der Waals surface area contributed by atoms with Crippen molar-refractivity contribution in [1.82, 2.24) is 4.57 Å². The van der Waals surface area contributed by atoms with Gasteiger partial charge in [0, 0.05) is 29.7 Å². The van der Waals surface area contributed by atoms with Crippen LogP contribution in [0.15, 0.2) is 30.5 Å². The number of rotatable bonds is 2. The molecule has 0 bridgehead atoms. The van der Waals surface area contributed by atoms with Crippen molar-refractivity contribution in [2.45, 2.75) is 19.3 Å². The maximum Gasteiger partial charge on any atom is 0.185 e. The predicted octanol–water partition coefficient (Wildman–Crippen LogP) is 3.05. The van der Waals surface area contributed by atoms with Crippen LogP contribution in [0.5, 0.6) is 0 Å². The Bertz CT molecular complexity index is 671. The summed E-state index contributed by atoms with van der Waals surface area (Å²) < 4.78 is 1.95. The molecule has 0 unspecified atom stereocenters. The summed E-state index contributed by atoms with van der Waals surface area (Å²) in [4.78, 5) is 12.6. The molecule has 2 aromatic rings. The Labute approximate surface area is 106 Å². The van der Waals surface area contributed by atoms with Crippen LogP contribution < -0.4 is 0 Å². The van der Waals surface area contributed by atoms with Crippen LogP contribution in [0.1, 0.15) is 29.6 Å². The van der Waals surface area contributed by atoms with E-state index in [1.165, 1.54) is 0 Å². The number of nitriles is 1. The second-order valence-electron chi connectivity index (χ2n) is 5.05. The average Bonchev–Trinajstić information content (AvgIpc) is 2.67. The Balaban J connectivity index is 2.16. The number of carbonyl (C=O) groups excluding carboxylic acids is 1. The van der Waals surface area contributed by atoms with Gasteiger partial charge in [0.25, 0.3) is 0 Å². The number of ketones is 1. The highest BCUT2D eigenvalue weighted by molar-refractivity contribution is 6.12. The van der Waals surface area contributed by atoms with E-state index in [0.29, 0.717) is 18.4 Å². The minimum atomic E-state index is -0.760. The van der Waals surface area contributed by atoms with Crippen molar-refractivity contribution in [3.8, 4) is 6.07 Å². The zero-order chi connectivity index (χ0) is 12.8. The van der Waals surface area contributed by atoms with Crippen LogP contribution >= 0.6 is 0 Å². The molecule has 0 N–H and O–H groups in total. The lowest BCUT2D eigenvalue weighted by Gasteiger charge is -2.33. The Kier molecular flexibility index (Phi) is 2.27. The largest absolute Gasteiger partial charge is 0.350 e. The second kappa shape index (κ2) is 3.71. The lowest BCUT2D eigenvalue weighted by Crippen LogP contribution is -2.36. The molecule has 0 aliphatic heterocycles. The summed E-state index contributed by atoms with van der Waals surface area (Å²) in [6.07, 6.45) is 4.23. The number of hydrogen-bond donors (Lipinski definition) is 0. The van der Waals surface area contributed by atoms with Gasteiger partial charge in [0.05, 0.1) is 6.07 Å². The van der Waals surface area contributed by atoms with Gasteiger partial charge in [-0.3, -0.25) is 4.79 Å². The summed E-state index contributed by atoms with van der Waals surface area (Å²) in [7, 11) is 1.93. The maximum absolute atomic E-state index is 12.6. The van der Waals surface area contributed by atoms with Crippen LogP contribution in [-0.2, 0) is 7.05 Å². The van der Waals surface area contributed by atoms with Crippen LogP contribution in [0.3, 0.4) is 0 Å². The molecule has 0 atom stereocenters. The van der Waals surface area contributed by atoms with Gasteiger partial charge in [-0.15, -0.1) is 0 Å². The molecule has 3 nitrogen and oxygen atoms in total. The van der Waals surface area contributed by atoms with Gasteiger partial charge in [-0.05, 0) is 25.3 Å². The highest BCUT2D eigenvalue weighted by atomic mass is 16.1. The first-order chi connectivity index (χ1) is 8.68. The number of para-hydroxylation sites is 1. The number of aromatic nitrogens is 1. The van der Waals surface area contributed by atoms with Crippen molar-refractivity contribution in [3.05, 3.63) is 36.0 Å². The standard InChI is InChI=1S/C15H14N2O/c1-17-9-12(11-5-2-3-6-13(11)17)14(18)15(10-16)7-4-8-15/h2-3,5-6,9H,4,7-8H2,1H3. The number of fused-ring (bicyclic) bond motifs is 1. The number of nitrogens with zero attached hydrogens (tertiary/aromatic N) is 2. The van der Waals surface area contributed by atoms with E-state index in [0.717, 1.165) is 17.3 Å². The third kappa shape index (κ3) is 1.32. The maximum atomic E-state index is 12.6. The van der Waals surface area contributed by atoms with Crippen molar-refractivity contribution >= 4 is 16.7 Å². The molecular weight excluding hydrogens is 224 g/mol. The second-order valence-corrected chi connectivity index (χ2v) is 5.05. The zero-order valence-electron chi connectivity index (χ0n) is 10.3. The van der Waals surface area contributed by atoms with Gasteiger partial charge in [-0.2, -0.15) is 5.26 Å². The minimum Gasteiger partial charge on any atom is -0.350 e. The van der Waals surface area contributed by atoms with Crippen LogP contribution in [-0.4, -0.2) is 10.4 Å². The molecule has 0 radical (unpaired) electrons. The van der Waals surface area contributed by atoms with Crippen molar-refractivity contribution < 1.29 is 4.79 Å². The molecule has 1 heterocycles. The topological polar surface area (TPSA) is 45.8 Å². The Hall–Kier alpha value is -2.08. The molecule has 3 rings (SSSR count). The summed E-state index contributed by atoms with van der Waals surface area (Å²) in [6.45, 7) is 0. The zero-order valence-corrected chi connectivity index (χ0v) is 10.3. The fraction of sp³-hybridized carbons (Fsp3) is 0.333. The van der Waals surface area contributed by atoms with E-state index in [1.54, 1.807) is 0 Å². The van der Waals surface area contributed by atoms with E-state index < -0.39 is 5.41 Å². The Morgan fingerprint density at radius 3 is 2.72 bits per heavy atom. The van der Waals surface area contributed by atoms with Gasteiger partial charge in [0.2, 0.25) is 0 Å². The van der Waals surface area contributed by atoms with Crippen molar-refractivity contribution in [3.63, 3.8) is 0 Å². The molecule has 1 saturated carbocycles. The quantitative estimate of drug-likeness (QED) is 0.755. The number of aryl methyl sites for hydroxylation is 1. The number of Topliss-reactive ketones (excluding diaryl/α,β-unsaturated/α-hetero) is 1. The van der Waals surface area contributed by atoms with Crippen molar-refractivity contribution in [2.75, 3.05) is 0 Å². The molecule has 1 aliphatic rings. The molecule has 1 aromatic carbocycles. The average molecular weight is 238 g/mol. The van der Waals surface area contributed by atoms with Crippen LogP contribution in [0.25, 0.3) is 10.9 Å². The third-order valence-corrected chi connectivity index (χ3v) is 4.00. The Morgan fingerprint density at radius 1 is 1.39 bits per heavy atom. The summed E-state index contributed by atoms with van der Waals surface area (Å²) >= 11 is 0. The fourth-order valence-corrected chi connectivity index (χ4v) is 2.70. The number of carbonyl (C=O) groups is 1. The third-order valence-electron chi connectivity index (χ3n) is 4.00. The SMILES string of the molecule is Cn1cc(C(=O)C2(C#N)CCC2)c2ccccc21. The fourth-order valence-electron chi connectivity index (χ4n) is 2.70. The molecule has 0 spiro atoms. The van der Waals surface area contributed by atoms with Crippen LogP contribution in [0.4, 0.5) is 0 Å². The van der Waals surface area contributed by atoms with Gasteiger partial charge >= 0.3 is 0 Å². The normalized spacial score (nSPS) is 17.1. The number of hydrogen-bond acceptors (Lipinski definition) is 2. The van der Waals surface area contributed by atoms with E-state index in [9.17, 15) is 10.1 Å². The lowest BCUT2D eigenvalue weighted by molar-refractivity contribution is 0.0750. The highest BCUT2D eigenvalue weighted by Crippen LogP contribution is 2.44. The lowest BCUT2D eigenvalue weighted by atomic mass is 9.65. The molecule has 90 valence electrons. The summed E-state index contributed by atoms with van der Waals surface area (Å²) in [6, 6.07) is 10.1. The van der Waals surface area contributed by atoms with E-state index in [-0.39, 0.29) is 5.78 Å². The van der Waals surface area contributed by atoms with Gasteiger partial charge in [-0.25, -0.2) is 0 Å². The van der Waals surface area contributed by atoms with E-state index >= 15 is 0 Å². The molecule has 0 amide bonds. The number of benzene rings is 1. The highest BCUT2D eigenvalue weighted by Gasteiger charge is 2.45. The van der Waals surface area contributed by atoms with Crippen LogP contribution in [0.2, 0.25) is 0 Å². The Morgan fingerprint density at radius 2 is 2.11 bits per heavy atom. The molecule has 1 fully saturated rings. The van der Waals surface area contributed by atoms with E-state index in [1.807, 2.05) is 42.1 Å². The first kappa shape index (κ1) is 11.0. The molecule has 1 aromatic heterocycles. The first-order valence-electron chi connectivity index (χ1n) is 6.18. The van der Waals surface area contributed by atoms with Crippen molar-refractivity contribution in [1.29, 1.82) is 5.26 Å². The summed E-state index contributed by atoms with van der Waals surface area (Å²) in [5.74, 6) is -0.00644.